The second-order valence-corrected chi connectivity index (χ2v) is 5.10. The molecule has 90 valence electrons. The van der Waals surface area contributed by atoms with Crippen LogP contribution < -0.4 is 0 Å². The van der Waals surface area contributed by atoms with Gasteiger partial charge in [0, 0.05) is 5.56 Å². The molecule has 2 heterocycles. The average Bonchev–Trinajstić information content (AvgIpc) is 3.01. The Labute approximate surface area is 111 Å². The minimum absolute atomic E-state index is 0.411. The van der Waals surface area contributed by atoms with Gasteiger partial charge in [0.15, 0.2) is 0 Å². The molecule has 3 aromatic rings. The van der Waals surface area contributed by atoms with E-state index in [-0.39, 0.29) is 0 Å². The predicted octanol–water partition coefficient (Wildman–Crippen LogP) is 1.89. The van der Waals surface area contributed by atoms with Crippen LogP contribution >= 0.6 is 22.9 Å². The Morgan fingerprint density at radius 3 is 2.67 bits per heavy atom. The molecular formula is C10H7ClN6S. The second kappa shape index (κ2) is 4.79. The number of hydrogen-bond acceptors (Lipinski definition) is 6. The van der Waals surface area contributed by atoms with Crippen LogP contribution in [-0.2, 0) is 6.54 Å². The van der Waals surface area contributed by atoms with Crippen LogP contribution in [-0.4, -0.2) is 30.4 Å². The summed E-state index contributed by atoms with van der Waals surface area (Å²) in [5.41, 5.74) is 0.930. The molecule has 0 radical (unpaired) electrons. The van der Waals surface area contributed by atoms with E-state index in [0.717, 1.165) is 10.6 Å². The lowest BCUT2D eigenvalue weighted by Crippen LogP contribution is -2.03. The van der Waals surface area contributed by atoms with Crippen molar-refractivity contribution < 1.29 is 0 Å². The quantitative estimate of drug-likeness (QED) is 0.732. The van der Waals surface area contributed by atoms with E-state index in [4.69, 9.17) is 11.6 Å². The average molecular weight is 279 g/mol. The number of benzene rings is 1. The zero-order valence-electron chi connectivity index (χ0n) is 9.06. The number of aromatic nitrogens is 6. The molecule has 0 spiro atoms. The first kappa shape index (κ1) is 11.2. The fraction of sp³-hybridized carbons (Fsp3) is 0.100. The summed E-state index contributed by atoms with van der Waals surface area (Å²) in [7, 11) is 0. The Kier molecular flexibility index (Phi) is 2.99. The molecule has 0 saturated heterocycles. The number of halogens is 1. The molecule has 0 N–H and O–H groups in total. The van der Waals surface area contributed by atoms with Gasteiger partial charge in [0.2, 0.25) is 10.3 Å². The normalized spacial score (nSPS) is 10.7. The Bertz CT molecular complexity index is 649. The molecule has 3 rings (SSSR count). The van der Waals surface area contributed by atoms with Crippen molar-refractivity contribution in [1.82, 2.24) is 30.4 Å². The number of tetrazole rings is 1. The predicted molar refractivity (Wildman–Crippen MR) is 67.3 cm³/mol. The summed E-state index contributed by atoms with van der Waals surface area (Å²) < 4.78 is 0.411. The van der Waals surface area contributed by atoms with Crippen LogP contribution in [0.2, 0.25) is 4.47 Å². The third-order valence-electron chi connectivity index (χ3n) is 2.20. The molecular weight excluding hydrogens is 272 g/mol. The highest BCUT2D eigenvalue weighted by Gasteiger charge is 2.08. The van der Waals surface area contributed by atoms with Crippen LogP contribution in [0.15, 0.2) is 30.3 Å². The van der Waals surface area contributed by atoms with Gasteiger partial charge in [-0.15, -0.1) is 20.4 Å². The van der Waals surface area contributed by atoms with E-state index in [1.165, 1.54) is 16.1 Å². The Balaban J connectivity index is 1.82. The van der Waals surface area contributed by atoms with Gasteiger partial charge in [-0.2, -0.15) is 4.80 Å². The van der Waals surface area contributed by atoms with E-state index in [1.807, 2.05) is 30.3 Å². The molecule has 0 amide bonds. The van der Waals surface area contributed by atoms with E-state index in [0.29, 0.717) is 16.8 Å². The first-order chi connectivity index (χ1) is 8.81. The molecule has 0 fully saturated rings. The van der Waals surface area contributed by atoms with E-state index in [1.54, 1.807) is 0 Å². The lowest BCUT2D eigenvalue weighted by Gasteiger charge is -1.93. The van der Waals surface area contributed by atoms with Crippen molar-refractivity contribution in [3.8, 4) is 11.4 Å². The molecule has 0 aliphatic rings. The van der Waals surface area contributed by atoms with Gasteiger partial charge in [-0.05, 0) is 16.8 Å². The zero-order valence-corrected chi connectivity index (χ0v) is 10.6. The largest absolute Gasteiger partial charge is 0.207 e. The van der Waals surface area contributed by atoms with E-state index in [9.17, 15) is 0 Å². The fourth-order valence-electron chi connectivity index (χ4n) is 1.43. The van der Waals surface area contributed by atoms with Crippen LogP contribution in [0.3, 0.4) is 0 Å². The highest BCUT2D eigenvalue weighted by Crippen LogP contribution is 2.16. The molecule has 2 aromatic heterocycles. The van der Waals surface area contributed by atoms with Crippen molar-refractivity contribution in [1.29, 1.82) is 0 Å². The van der Waals surface area contributed by atoms with Crippen LogP contribution in [0.25, 0.3) is 11.4 Å². The molecule has 0 aliphatic carbocycles. The van der Waals surface area contributed by atoms with Crippen molar-refractivity contribution >= 4 is 22.9 Å². The third-order valence-corrected chi connectivity index (χ3v) is 3.21. The first-order valence-corrected chi connectivity index (χ1v) is 6.32. The Morgan fingerprint density at radius 1 is 1.11 bits per heavy atom. The maximum absolute atomic E-state index is 5.71. The van der Waals surface area contributed by atoms with Gasteiger partial charge in [-0.3, -0.25) is 0 Å². The van der Waals surface area contributed by atoms with Gasteiger partial charge in [0.1, 0.15) is 11.6 Å². The van der Waals surface area contributed by atoms with E-state index >= 15 is 0 Å². The summed E-state index contributed by atoms with van der Waals surface area (Å²) in [5.74, 6) is 0.589. The minimum Gasteiger partial charge on any atom is -0.157 e. The summed E-state index contributed by atoms with van der Waals surface area (Å²) in [6.07, 6.45) is 0. The molecule has 0 unspecified atom stereocenters. The van der Waals surface area contributed by atoms with Gasteiger partial charge in [-0.25, -0.2) is 0 Å². The highest BCUT2D eigenvalue weighted by molar-refractivity contribution is 7.15. The summed E-state index contributed by atoms with van der Waals surface area (Å²) >= 11 is 7.01. The maximum atomic E-state index is 5.71. The van der Waals surface area contributed by atoms with Crippen molar-refractivity contribution in [2.75, 3.05) is 0 Å². The minimum atomic E-state index is 0.411. The van der Waals surface area contributed by atoms with Crippen LogP contribution in [0.5, 0.6) is 0 Å². The summed E-state index contributed by atoms with van der Waals surface area (Å²) in [4.78, 5) is 1.47. The SMILES string of the molecule is Clc1nnc(Cn2nnc(-c3ccccc3)n2)s1. The number of nitrogens with zero attached hydrogens (tertiary/aromatic N) is 6. The van der Waals surface area contributed by atoms with Crippen LogP contribution in [0, 0.1) is 0 Å². The van der Waals surface area contributed by atoms with Crippen molar-refractivity contribution in [2.24, 2.45) is 0 Å². The molecule has 1 aromatic carbocycles. The van der Waals surface area contributed by atoms with Crippen molar-refractivity contribution in [2.45, 2.75) is 6.54 Å². The van der Waals surface area contributed by atoms with Gasteiger partial charge >= 0.3 is 0 Å². The van der Waals surface area contributed by atoms with Gasteiger partial charge in [0.25, 0.3) is 0 Å². The first-order valence-electron chi connectivity index (χ1n) is 5.12. The molecule has 0 saturated carbocycles. The summed E-state index contributed by atoms with van der Waals surface area (Å²) in [6.45, 7) is 0.421. The number of hydrogen-bond donors (Lipinski definition) is 0. The maximum Gasteiger partial charge on any atom is 0.207 e. The second-order valence-electron chi connectivity index (χ2n) is 3.46. The van der Waals surface area contributed by atoms with E-state index in [2.05, 4.69) is 25.6 Å². The molecule has 0 aliphatic heterocycles. The molecule has 6 nitrogen and oxygen atoms in total. The zero-order chi connectivity index (χ0) is 12.4. The van der Waals surface area contributed by atoms with Crippen molar-refractivity contribution in [3.05, 3.63) is 39.8 Å². The smallest absolute Gasteiger partial charge is 0.157 e. The number of rotatable bonds is 3. The van der Waals surface area contributed by atoms with Gasteiger partial charge < -0.3 is 0 Å². The van der Waals surface area contributed by atoms with E-state index < -0.39 is 0 Å². The summed E-state index contributed by atoms with van der Waals surface area (Å²) in [6, 6.07) is 9.67. The Morgan fingerprint density at radius 2 is 1.94 bits per heavy atom. The highest BCUT2D eigenvalue weighted by atomic mass is 35.5. The summed E-state index contributed by atoms with van der Waals surface area (Å²) in [5, 5.41) is 20.6. The van der Waals surface area contributed by atoms with Crippen LogP contribution in [0.1, 0.15) is 5.01 Å². The van der Waals surface area contributed by atoms with Crippen molar-refractivity contribution in [3.63, 3.8) is 0 Å². The third kappa shape index (κ3) is 2.36. The monoisotopic (exact) mass is 278 g/mol. The lowest BCUT2D eigenvalue weighted by molar-refractivity contribution is 0.568. The Hall–Kier alpha value is -1.86. The standard InChI is InChI=1S/C10H7ClN6S/c11-10-14-12-8(18-10)6-17-15-9(13-16-17)7-4-2-1-3-5-7/h1-5H,6H2. The molecule has 0 atom stereocenters. The molecule has 18 heavy (non-hydrogen) atoms. The van der Waals surface area contributed by atoms with Gasteiger partial charge in [-0.1, -0.05) is 41.7 Å². The van der Waals surface area contributed by atoms with Crippen LogP contribution in [0.4, 0.5) is 0 Å². The van der Waals surface area contributed by atoms with Gasteiger partial charge in [0.05, 0.1) is 0 Å². The fourth-order valence-corrected chi connectivity index (χ4v) is 2.27. The topological polar surface area (TPSA) is 69.4 Å². The molecule has 8 heteroatoms. The molecule has 0 bridgehead atoms. The lowest BCUT2D eigenvalue weighted by atomic mass is 10.2.